The van der Waals surface area contributed by atoms with Gasteiger partial charge in [-0.2, -0.15) is 0 Å². The molecule has 1 aliphatic rings. The van der Waals surface area contributed by atoms with Crippen LogP contribution in [-0.2, 0) is 22.7 Å². The number of ether oxygens (including phenoxy) is 1. The van der Waals surface area contributed by atoms with Crippen molar-refractivity contribution in [1.82, 2.24) is 0 Å². The van der Waals surface area contributed by atoms with Crippen LogP contribution in [0.4, 0.5) is 0 Å². The summed E-state index contributed by atoms with van der Waals surface area (Å²) in [5, 5.41) is 5.18. The van der Waals surface area contributed by atoms with Gasteiger partial charge in [-0.3, -0.25) is 0 Å². The van der Waals surface area contributed by atoms with Crippen molar-refractivity contribution in [3.63, 3.8) is 0 Å². The van der Waals surface area contributed by atoms with E-state index in [1.54, 1.807) is 0 Å². The molecule has 0 N–H and O–H groups in total. The van der Waals surface area contributed by atoms with Crippen LogP contribution in [0.5, 0.6) is 0 Å². The SMILES string of the molecule is C/C=C/c1ccc(-c2ccc(/C=C/C(C=C3COCC3=CCC)=C([C]#[Os])[P+](c3ccccc3)(c3ccccc3)c3ccccc3)s2)s1. The van der Waals surface area contributed by atoms with Gasteiger partial charge in [0.1, 0.15) is 0 Å². The van der Waals surface area contributed by atoms with Gasteiger partial charge in [0.25, 0.3) is 0 Å². The van der Waals surface area contributed by atoms with Crippen LogP contribution in [0.2, 0.25) is 0 Å². The Hall–Kier alpha value is -3.43. The normalized spacial score (nSPS) is 16.0. The molecule has 1 nitrogen and oxygen atoms in total. The van der Waals surface area contributed by atoms with Crippen molar-refractivity contribution in [1.29, 1.82) is 0 Å². The Labute approximate surface area is 297 Å². The van der Waals surface area contributed by atoms with E-state index in [0.717, 1.165) is 6.42 Å². The van der Waals surface area contributed by atoms with Crippen molar-refractivity contribution in [2.45, 2.75) is 20.3 Å². The molecule has 1 fully saturated rings. The molecule has 0 bridgehead atoms. The Bertz CT molecular complexity index is 1910. The predicted molar refractivity (Wildman–Crippen MR) is 205 cm³/mol. The monoisotopic (exact) mass is 844 g/mol. The molecule has 0 radical (unpaired) electrons. The topological polar surface area (TPSA) is 9.23 Å². The molecule has 3 heterocycles. The van der Waals surface area contributed by atoms with Crippen LogP contribution in [-0.4, -0.2) is 13.2 Å². The van der Waals surface area contributed by atoms with Crippen molar-refractivity contribution < 1.29 is 22.7 Å². The molecule has 1 aliphatic heterocycles. The summed E-state index contributed by atoms with van der Waals surface area (Å²) < 4.78 is 9.86. The fourth-order valence-corrected chi connectivity index (χ4v) is 13.8. The van der Waals surface area contributed by atoms with E-state index >= 15 is 0 Å². The van der Waals surface area contributed by atoms with Gasteiger partial charge in [0.2, 0.25) is 0 Å². The van der Waals surface area contributed by atoms with Crippen LogP contribution < -0.4 is 15.9 Å². The van der Waals surface area contributed by atoms with Gasteiger partial charge in [0.05, 0.1) is 0 Å². The second-order valence-corrected chi connectivity index (χ2v) is 17.3. The second-order valence-electron chi connectivity index (χ2n) is 11.1. The quantitative estimate of drug-likeness (QED) is 0.101. The molecular weight excluding hydrogens is 806 g/mol. The van der Waals surface area contributed by atoms with E-state index in [4.69, 9.17) is 4.74 Å². The Morgan fingerprint density at radius 1 is 0.723 bits per heavy atom. The van der Waals surface area contributed by atoms with Crippen molar-refractivity contribution in [3.05, 3.63) is 171 Å². The zero-order valence-electron chi connectivity index (χ0n) is 26.6. The Morgan fingerprint density at radius 3 is 1.72 bits per heavy atom. The number of hydrogen-bond acceptors (Lipinski definition) is 3. The molecule has 0 aliphatic carbocycles. The van der Waals surface area contributed by atoms with Gasteiger partial charge in [-0.1, -0.05) is 6.08 Å². The molecule has 0 spiro atoms. The van der Waals surface area contributed by atoms with Gasteiger partial charge < -0.3 is 0 Å². The summed E-state index contributed by atoms with van der Waals surface area (Å²) in [6.45, 7) is 5.54. The Balaban J connectivity index is 1.60. The van der Waals surface area contributed by atoms with Gasteiger partial charge in [0.15, 0.2) is 0 Å². The maximum absolute atomic E-state index is 6.02. The number of rotatable bonds is 10. The standard InChI is InChI=1S/C42H37OPS2.Os/c1-4-15-34-30-43-31-35(34)29-33(23-24-40-26-28-42(46-40)41-27-25-39(45-41)16-5-2)32(3)44(36-17-9-6-10-18-36,37-19-11-7-12-20-37)38-21-13-8-14-22-38;/h5-29H,4,30-31H2,1-2H3;/q+1;/b16-5+,24-23+,33-32?,34-15?,35-29?;. The first-order valence-corrected chi connectivity index (χ1v) is 20.5. The summed E-state index contributed by atoms with van der Waals surface area (Å²) in [7, 11) is -2.36. The van der Waals surface area contributed by atoms with Crippen LogP contribution in [0.1, 0.15) is 30.0 Å². The van der Waals surface area contributed by atoms with Crippen molar-refractivity contribution in [2.24, 2.45) is 0 Å². The first-order chi connectivity index (χ1) is 23.2. The summed E-state index contributed by atoms with van der Waals surface area (Å²) in [6.07, 6.45) is 14.5. The number of hydrogen-bond donors (Lipinski definition) is 0. The van der Waals surface area contributed by atoms with E-state index in [9.17, 15) is 0 Å². The van der Waals surface area contributed by atoms with Gasteiger partial charge in [-0.15, -0.1) is 0 Å². The fourth-order valence-electron chi connectivity index (χ4n) is 5.99. The molecule has 5 aromatic rings. The molecule has 2 aromatic heterocycles. The van der Waals surface area contributed by atoms with Crippen LogP contribution >= 0.6 is 29.9 Å². The zero-order valence-corrected chi connectivity index (χ0v) is 31.6. The Kier molecular flexibility index (Phi) is 11.5. The summed E-state index contributed by atoms with van der Waals surface area (Å²) >= 11 is 5.50. The van der Waals surface area contributed by atoms with Gasteiger partial charge >= 0.3 is 287 Å². The Morgan fingerprint density at radius 2 is 1.23 bits per heavy atom. The van der Waals surface area contributed by atoms with E-state index in [-0.39, 0.29) is 0 Å². The number of benzene rings is 3. The number of allylic oxidation sites excluding steroid dienone is 6. The third kappa shape index (κ3) is 7.36. The van der Waals surface area contributed by atoms with Crippen LogP contribution in [0.15, 0.2) is 162 Å². The molecule has 235 valence electrons. The van der Waals surface area contributed by atoms with Crippen LogP contribution in [0, 0.1) is 4.37 Å². The molecule has 0 atom stereocenters. The summed E-state index contributed by atoms with van der Waals surface area (Å²) in [4.78, 5) is 5.10. The van der Waals surface area contributed by atoms with Crippen LogP contribution in [0.3, 0.4) is 0 Å². The van der Waals surface area contributed by atoms with Gasteiger partial charge in [-0.25, -0.2) is 0 Å². The van der Waals surface area contributed by atoms with E-state index < -0.39 is 7.26 Å². The first kappa shape index (κ1) is 33.5. The van der Waals surface area contributed by atoms with Crippen molar-refractivity contribution in [3.8, 4) is 14.1 Å². The molecule has 0 saturated carbocycles. The van der Waals surface area contributed by atoms with Crippen molar-refractivity contribution >= 4 is 58.0 Å². The fraction of sp³-hybridized carbons (Fsp3) is 0.119. The van der Waals surface area contributed by atoms with Gasteiger partial charge in [-0.05, 0) is 6.92 Å². The summed E-state index contributed by atoms with van der Waals surface area (Å²) in [5.41, 5.74) is 3.71. The molecule has 47 heavy (non-hydrogen) atoms. The molecule has 3 aromatic carbocycles. The molecule has 5 heteroatoms. The predicted octanol–water partition coefficient (Wildman–Crippen LogP) is 10.6. The van der Waals surface area contributed by atoms with E-state index in [1.807, 2.05) is 40.6 Å². The summed E-state index contributed by atoms with van der Waals surface area (Å²) in [6, 6.07) is 42.1. The third-order valence-corrected chi connectivity index (χ3v) is 15.8. The minimum atomic E-state index is -2.36. The van der Waals surface area contributed by atoms with Gasteiger partial charge in [0, 0.05) is 0 Å². The van der Waals surface area contributed by atoms with E-state index in [0.29, 0.717) is 13.2 Å². The second kappa shape index (κ2) is 16.1. The number of thiophene rings is 2. The molecule has 0 amide bonds. The third-order valence-electron chi connectivity index (χ3n) is 8.09. The molecule has 1 saturated heterocycles. The average Bonchev–Trinajstić information content (AvgIpc) is 3.89. The maximum atomic E-state index is 6.02. The van der Waals surface area contributed by atoms with E-state index in [1.165, 1.54) is 57.5 Å². The minimum absolute atomic E-state index is 0.617. The average molecular weight is 843 g/mol. The molecular formula is C42H37OOsPS2+. The molecule has 0 unspecified atom stereocenters. The summed E-state index contributed by atoms with van der Waals surface area (Å²) in [5.74, 6) is 0. The van der Waals surface area contributed by atoms with E-state index in [2.05, 4.69) is 170 Å². The first-order valence-electron chi connectivity index (χ1n) is 15.8. The zero-order chi connectivity index (χ0) is 32.5. The van der Waals surface area contributed by atoms with Crippen LogP contribution in [0.25, 0.3) is 21.9 Å². The molecule has 6 rings (SSSR count). The van der Waals surface area contributed by atoms with Crippen molar-refractivity contribution in [2.75, 3.05) is 13.2 Å².